The minimum Gasteiger partial charge on any atom is -0.455 e. The summed E-state index contributed by atoms with van der Waals surface area (Å²) in [6, 6.07) is 8.07. The number of aromatic nitrogens is 1. The van der Waals surface area contributed by atoms with Crippen molar-refractivity contribution in [1.82, 2.24) is 15.2 Å². The number of nitrogens with zero attached hydrogens (tertiary/aromatic N) is 2. The average Bonchev–Trinajstić information content (AvgIpc) is 3.50. The molecular formula is C42H57F2N3O10. The zero-order valence-electron chi connectivity index (χ0n) is 34.2. The maximum atomic E-state index is 16.9. The Morgan fingerprint density at radius 2 is 1.79 bits per heavy atom. The van der Waals surface area contributed by atoms with Crippen LogP contribution in [0.15, 0.2) is 42.6 Å². The van der Waals surface area contributed by atoms with Gasteiger partial charge < -0.3 is 39.0 Å². The average molecular weight is 802 g/mol. The SMILES string of the molecule is CC[C@H]1OC(=O)C(F)(CF)C(=O)[C@H](C)[C@@H](O[C@@H]2O[C@H](C)C[C@H](N(C)C)[C@H]2O)[C@@](C)(OC/C=C/c2cnc3ccccc3c2)C[C@@H](C)C(=O)[C@H](C)[C@H]2NC(=O)O[C@@]21C. The number of alkyl carbamates (subject to hydrolysis) is 1. The van der Waals surface area contributed by atoms with E-state index in [9.17, 15) is 28.7 Å². The summed E-state index contributed by atoms with van der Waals surface area (Å²) in [5, 5.41) is 15.1. The molecule has 1 amide bonds. The Bertz CT molecular complexity index is 1830. The topological polar surface area (TPSA) is 163 Å². The summed E-state index contributed by atoms with van der Waals surface area (Å²) in [6.45, 7) is 8.78. The normalized spacial score (nSPS) is 38.5. The van der Waals surface area contributed by atoms with Crippen LogP contribution in [0.3, 0.4) is 0 Å². The monoisotopic (exact) mass is 801 g/mol. The molecule has 57 heavy (non-hydrogen) atoms. The number of nitrogens with one attached hydrogen (secondary N) is 1. The van der Waals surface area contributed by atoms with Crippen LogP contribution in [0.4, 0.5) is 13.6 Å². The number of cyclic esters (lactones) is 1. The van der Waals surface area contributed by atoms with E-state index in [-0.39, 0.29) is 25.2 Å². The molecule has 3 fully saturated rings. The fourth-order valence-corrected chi connectivity index (χ4v) is 8.77. The Morgan fingerprint density at radius 1 is 1.09 bits per heavy atom. The van der Waals surface area contributed by atoms with Crippen molar-refractivity contribution < 1.29 is 56.7 Å². The van der Waals surface area contributed by atoms with E-state index in [1.54, 1.807) is 67.1 Å². The van der Waals surface area contributed by atoms with Crippen molar-refractivity contribution in [3.8, 4) is 0 Å². The lowest BCUT2D eigenvalue weighted by molar-refractivity contribution is -0.297. The number of hydrogen-bond donors (Lipinski definition) is 2. The van der Waals surface area contributed by atoms with Gasteiger partial charge in [-0.15, -0.1) is 0 Å². The van der Waals surface area contributed by atoms with Crippen molar-refractivity contribution >= 4 is 40.6 Å². The molecule has 13 nitrogen and oxygen atoms in total. The summed E-state index contributed by atoms with van der Waals surface area (Å²) in [5.74, 6) is -7.06. The smallest absolute Gasteiger partial charge is 0.408 e. The first-order valence-corrected chi connectivity index (χ1v) is 19.6. The molecule has 15 heteroatoms. The fourth-order valence-electron chi connectivity index (χ4n) is 8.77. The molecular weight excluding hydrogens is 744 g/mol. The number of rotatable bonds is 9. The number of esters is 1. The number of fused-ring (bicyclic) bond motifs is 2. The van der Waals surface area contributed by atoms with Crippen molar-refractivity contribution in [1.29, 1.82) is 0 Å². The number of aliphatic hydroxyl groups is 1. The largest absolute Gasteiger partial charge is 0.455 e. The molecule has 3 aliphatic heterocycles. The van der Waals surface area contributed by atoms with Gasteiger partial charge in [0.05, 0.1) is 36.0 Å². The molecule has 2 aromatic rings. The number of carbonyl (C=O) groups excluding carboxylic acids is 4. The summed E-state index contributed by atoms with van der Waals surface area (Å²) >= 11 is 0. The maximum Gasteiger partial charge on any atom is 0.408 e. The number of likely N-dealkylation sites (N-methyl/N-ethyl adjacent to an activating group) is 1. The van der Waals surface area contributed by atoms with E-state index in [0.29, 0.717) is 6.42 Å². The number of amides is 1. The number of carbonyl (C=O) groups is 4. The summed E-state index contributed by atoms with van der Waals surface area (Å²) in [6.07, 6.45) is -1.38. The van der Waals surface area contributed by atoms with E-state index in [0.717, 1.165) is 16.5 Å². The van der Waals surface area contributed by atoms with Gasteiger partial charge in [0, 0.05) is 35.4 Å². The summed E-state index contributed by atoms with van der Waals surface area (Å²) in [5.41, 5.74) is -5.58. The highest BCUT2D eigenvalue weighted by Gasteiger charge is 2.60. The van der Waals surface area contributed by atoms with Crippen molar-refractivity contribution in [2.24, 2.45) is 17.8 Å². The molecule has 0 bridgehead atoms. The van der Waals surface area contributed by atoms with Gasteiger partial charge in [-0.05, 0) is 71.8 Å². The van der Waals surface area contributed by atoms with Crippen LogP contribution in [0.2, 0.25) is 0 Å². The zero-order valence-corrected chi connectivity index (χ0v) is 34.2. The lowest BCUT2D eigenvalue weighted by atomic mass is 9.73. The van der Waals surface area contributed by atoms with Crippen molar-refractivity contribution in [2.45, 2.75) is 127 Å². The summed E-state index contributed by atoms with van der Waals surface area (Å²) in [7, 11) is 3.57. The highest BCUT2D eigenvalue weighted by atomic mass is 19.2. The number of pyridine rings is 1. The van der Waals surface area contributed by atoms with E-state index >= 15 is 4.39 Å². The first-order chi connectivity index (χ1) is 26.8. The summed E-state index contributed by atoms with van der Waals surface area (Å²) < 4.78 is 62.2. The number of ketones is 2. The second-order valence-corrected chi connectivity index (χ2v) is 16.5. The molecule has 0 radical (unpaired) electrons. The number of para-hydroxylation sites is 1. The molecule has 1 unspecified atom stereocenters. The molecule has 0 saturated carbocycles. The van der Waals surface area contributed by atoms with Crippen LogP contribution in [0, 0.1) is 17.8 Å². The van der Waals surface area contributed by atoms with Crippen LogP contribution in [-0.2, 0) is 38.1 Å². The van der Waals surface area contributed by atoms with Crippen LogP contribution in [0.25, 0.3) is 17.0 Å². The van der Waals surface area contributed by atoms with Gasteiger partial charge in [-0.2, -0.15) is 0 Å². The van der Waals surface area contributed by atoms with E-state index in [4.69, 9.17) is 23.7 Å². The predicted octanol–water partition coefficient (Wildman–Crippen LogP) is 5.15. The third kappa shape index (κ3) is 8.92. The van der Waals surface area contributed by atoms with Gasteiger partial charge in [-0.1, -0.05) is 58.0 Å². The second kappa shape index (κ2) is 17.5. The van der Waals surface area contributed by atoms with Gasteiger partial charge >= 0.3 is 12.1 Å². The van der Waals surface area contributed by atoms with E-state index in [2.05, 4.69) is 10.3 Å². The molecule has 3 aliphatic rings. The molecule has 1 aromatic heterocycles. The van der Waals surface area contributed by atoms with Crippen LogP contribution in [-0.4, -0.2) is 126 Å². The van der Waals surface area contributed by atoms with Crippen LogP contribution in [0.1, 0.15) is 73.3 Å². The molecule has 5 rings (SSSR count). The maximum absolute atomic E-state index is 16.9. The standard InChI is InChI=1S/C42H57F2N3O10/c1-10-31-41(7)34(46-39(52)57-41)25(4)32(48)23(2)20-40(6,53-17-13-14-27-19-28-15-11-12-16-29(28)45-21-27)36(26(5)35(50)42(44,22-43)38(51)55-31)56-37-33(49)30(47(8)9)18-24(3)54-37/h11-16,19,21,23-26,30-31,33-34,36-37,49H,10,17-18,20,22H2,1-9H3,(H,46,52)/b14-13+/t23-,24-,25+,26+,30+,31-,33-,34-,36-,37+,40+,41-,42?/m1/s1. The third-order valence-electron chi connectivity index (χ3n) is 12.0. The molecule has 3 saturated heterocycles. The van der Waals surface area contributed by atoms with Crippen molar-refractivity contribution in [3.05, 3.63) is 48.2 Å². The van der Waals surface area contributed by atoms with Crippen LogP contribution < -0.4 is 5.32 Å². The Hall–Kier alpha value is -3.89. The van der Waals surface area contributed by atoms with Gasteiger partial charge in [0.1, 0.15) is 24.7 Å². The Morgan fingerprint density at radius 3 is 2.46 bits per heavy atom. The quantitative estimate of drug-likeness (QED) is 0.254. The molecule has 2 N–H and O–H groups in total. The van der Waals surface area contributed by atoms with E-state index in [1.807, 2.05) is 35.2 Å². The first-order valence-electron chi connectivity index (χ1n) is 19.6. The van der Waals surface area contributed by atoms with E-state index < -0.39 is 102 Å². The first kappa shape index (κ1) is 44.2. The Balaban J connectivity index is 1.60. The number of Topliss-reactive ketones (excluding diaryl/α,β-unsaturated/α-hetero) is 2. The van der Waals surface area contributed by atoms with Gasteiger partial charge in [0.15, 0.2) is 17.7 Å². The number of alkyl halides is 2. The van der Waals surface area contributed by atoms with Gasteiger partial charge in [0.25, 0.3) is 5.67 Å². The Kier molecular flexibility index (Phi) is 13.6. The minimum absolute atomic E-state index is 0.0289. The van der Waals surface area contributed by atoms with Crippen molar-refractivity contribution in [3.63, 3.8) is 0 Å². The Labute approximate surface area is 332 Å². The zero-order chi connectivity index (χ0) is 42.0. The molecule has 13 atom stereocenters. The minimum atomic E-state index is -3.82. The fraction of sp³-hybridized carbons (Fsp3) is 0.643. The number of aliphatic hydroxyl groups excluding tert-OH is 1. The highest BCUT2D eigenvalue weighted by Crippen LogP contribution is 2.41. The lowest BCUT2D eigenvalue weighted by Crippen LogP contribution is -2.62. The summed E-state index contributed by atoms with van der Waals surface area (Å²) in [4.78, 5) is 61.5. The molecule has 1 aromatic carbocycles. The van der Waals surface area contributed by atoms with E-state index in [1.165, 1.54) is 13.8 Å². The second-order valence-electron chi connectivity index (χ2n) is 16.5. The number of ether oxygens (including phenoxy) is 5. The van der Waals surface area contributed by atoms with Gasteiger partial charge in [-0.25, -0.2) is 18.4 Å². The van der Waals surface area contributed by atoms with Gasteiger partial charge in [-0.3, -0.25) is 14.6 Å². The predicted molar refractivity (Wildman–Crippen MR) is 206 cm³/mol. The highest BCUT2D eigenvalue weighted by molar-refractivity contribution is 6.08. The van der Waals surface area contributed by atoms with Crippen LogP contribution in [0.5, 0.6) is 0 Å². The number of benzene rings is 1. The molecule has 0 aliphatic carbocycles. The van der Waals surface area contributed by atoms with Gasteiger partial charge in [0.2, 0.25) is 0 Å². The molecule has 0 spiro atoms. The number of hydrogen-bond acceptors (Lipinski definition) is 12. The van der Waals surface area contributed by atoms with Crippen LogP contribution >= 0.6 is 0 Å². The molecule has 314 valence electrons. The third-order valence-corrected chi connectivity index (χ3v) is 12.0. The molecule has 4 heterocycles. The van der Waals surface area contributed by atoms with Crippen molar-refractivity contribution in [2.75, 3.05) is 27.4 Å². The number of halogens is 2. The lowest BCUT2D eigenvalue weighted by Gasteiger charge is -2.47.